The Morgan fingerprint density at radius 2 is 2.26 bits per heavy atom. The maximum absolute atomic E-state index is 13.6. The number of carbonyl (C=O) groups is 2. The van der Waals surface area contributed by atoms with Crippen LogP contribution in [0.4, 0.5) is 9.18 Å². The van der Waals surface area contributed by atoms with Crippen molar-refractivity contribution in [1.82, 2.24) is 10.2 Å². The van der Waals surface area contributed by atoms with Crippen molar-refractivity contribution >= 4 is 12.0 Å². The van der Waals surface area contributed by atoms with Crippen molar-refractivity contribution in [1.29, 1.82) is 0 Å². The number of rotatable bonds is 1. The molecule has 1 saturated heterocycles. The first-order valence-electron chi connectivity index (χ1n) is 6.13. The number of fused-ring (bicyclic) bond motifs is 1. The largest absolute Gasteiger partial charge is 0.449 e. The van der Waals surface area contributed by atoms with Crippen molar-refractivity contribution in [2.45, 2.75) is 25.6 Å². The molecule has 2 aliphatic heterocycles. The molecule has 0 spiro atoms. The number of hydrogen-bond donors (Lipinski definition) is 1. The summed E-state index contributed by atoms with van der Waals surface area (Å²) >= 11 is 0. The number of carbonyl (C=O) groups excluding carboxylic acids is 2. The van der Waals surface area contributed by atoms with E-state index in [1.54, 1.807) is 11.0 Å². The number of benzene rings is 1. The molecule has 1 N–H and O–H groups in total. The molecule has 100 valence electrons. The molecule has 0 saturated carbocycles. The molecule has 0 radical (unpaired) electrons. The molecule has 2 aliphatic rings. The van der Waals surface area contributed by atoms with Gasteiger partial charge in [0.1, 0.15) is 11.9 Å². The summed E-state index contributed by atoms with van der Waals surface area (Å²) in [4.78, 5) is 24.9. The SMILES string of the molecule is O=C1NC(C(=O)N2Cc3cccc(F)c3C2)CCO1. The minimum atomic E-state index is -0.576. The first-order chi connectivity index (χ1) is 9.15. The van der Waals surface area contributed by atoms with E-state index in [9.17, 15) is 14.0 Å². The van der Waals surface area contributed by atoms with Crippen LogP contribution in [0.2, 0.25) is 0 Å². The minimum Gasteiger partial charge on any atom is -0.449 e. The lowest BCUT2D eigenvalue weighted by Crippen LogP contribution is -2.50. The third-order valence-corrected chi connectivity index (χ3v) is 3.47. The van der Waals surface area contributed by atoms with Gasteiger partial charge >= 0.3 is 6.09 Å². The van der Waals surface area contributed by atoms with Crippen LogP contribution in [-0.4, -0.2) is 29.5 Å². The molecule has 0 aromatic heterocycles. The Morgan fingerprint density at radius 3 is 3.00 bits per heavy atom. The van der Waals surface area contributed by atoms with Gasteiger partial charge < -0.3 is 15.0 Å². The fourth-order valence-corrected chi connectivity index (χ4v) is 2.47. The van der Waals surface area contributed by atoms with Gasteiger partial charge in [-0.15, -0.1) is 0 Å². The van der Waals surface area contributed by atoms with E-state index in [1.807, 2.05) is 6.07 Å². The Kier molecular flexibility index (Phi) is 2.85. The van der Waals surface area contributed by atoms with Crippen LogP contribution in [0.1, 0.15) is 17.5 Å². The maximum Gasteiger partial charge on any atom is 0.407 e. The molecular formula is C13H13FN2O3. The molecule has 1 fully saturated rings. The van der Waals surface area contributed by atoms with E-state index < -0.39 is 12.1 Å². The van der Waals surface area contributed by atoms with Gasteiger partial charge in [0.2, 0.25) is 5.91 Å². The molecule has 19 heavy (non-hydrogen) atoms. The van der Waals surface area contributed by atoms with Gasteiger partial charge in [-0.1, -0.05) is 12.1 Å². The molecule has 2 amide bonds. The Hall–Kier alpha value is -2.11. The molecule has 2 heterocycles. The van der Waals surface area contributed by atoms with Crippen molar-refractivity contribution in [2.75, 3.05) is 6.61 Å². The number of hydrogen-bond acceptors (Lipinski definition) is 3. The quantitative estimate of drug-likeness (QED) is 0.828. The summed E-state index contributed by atoms with van der Waals surface area (Å²) in [5.74, 6) is -0.476. The molecule has 6 heteroatoms. The van der Waals surface area contributed by atoms with E-state index >= 15 is 0 Å². The standard InChI is InChI=1S/C13H13FN2O3/c14-10-3-1-2-8-6-16(7-9(8)10)12(17)11-4-5-19-13(18)15-11/h1-3,11H,4-7H2,(H,15,18). The highest BCUT2D eigenvalue weighted by Crippen LogP contribution is 2.26. The summed E-state index contributed by atoms with van der Waals surface area (Å²) in [5.41, 5.74) is 1.39. The Bertz CT molecular complexity index is 547. The zero-order chi connectivity index (χ0) is 13.4. The normalized spacial score (nSPS) is 21.6. The minimum absolute atomic E-state index is 0.188. The van der Waals surface area contributed by atoms with E-state index in [4.69, 9.17) is 4.74 Å². The van der Waals surface area contributed by atoms with Gasteiger partial charge in [-0.25, -0.2) is 9.18 Å². The number of cyclic esters (lactones) is 1. The van der Waals surface area contributed by atoms with Crippen LogP contribution in [0.25, 0.3) is 0 Å². The van der Waals surface area contributed by atoms with Gasteiger partial charge in [0.25, 0.3) is 0 Å². The maximum atomic E-state index is 13.6. The molecule has 5 nitrogen and oxygen atoms in total. The second-order valence-corrected chi connectivity index (χ2v) is 4.69. The van der Waals surface area contributed by atoms with E-state index in [0.717, 1.165) is 5.56 Å². The molecule has 1 aromatic carbocycles. The van der Waals surface area contributed by atoms with E-state index in [0.29, 0.717) is 18.5 Å². The van der Waals surface area contributed by atoms with Gasteiger partial charge in [0.05, 0.1) is 6.61 Å². The zero-order valence-electron chi connectivity index (χ0n) is 10.2. The highest BCUT2D eigenvalue weighted by Gasteiger charge is 2.33. The van der Waals surface area contributed by atoms with Crippen LogP contribution in [-0.2, 0) is 22.6 Å². The van der Waals surface area contributed by atoms with Gasteiger partial charge in [0.15, 0.2) is 0 Å². The van der Waals surface area contributed by atoms with Crippen LogP contribution in [0.5, 0.6) is 0 Å². The number of halogens is 1. The second kappa shape index (κ2) is 4.53. The Morgan fingerprint density at radius 1 is 1.42 bits per heavy atom. The summed E-state index contributed by atoms with van der Waals surface area (Å²) in [7, 11) is 0. The van der Waals surface area contributed by atoms with E-state index in [2.05, 4.69) is 5.32 Å². The van der Waals surface area contributed by atoms with Crippen molar-refractivity contribution in [3.63, 3.8) is 0 Å². The van der Waals surface area contributed by atoms with Gasteiger partial charge in [-0.2, -0.15) is 0 Å². The van der Waals surface area contributed by atoms with Crippen molar-refractivity contribution in [3.8, 4) is 0 Å². The molecule has 1 unspecified atom stereocenters. The smallest absolute Gasteiger partial charge is 0.407 e. The fourth-order valence-electron chi connectivity index (χ4n) is 2.47. The average Bonchev–Trinajstić information content (AvgIpc) is 2.83. The number of nitrogens with one attached hydrogen (secondary N) is 1. The van der Waals surface area contributed by atoms with Gasteiger partial charge in [-0.3, -0.25) is 4.79 Å². The topological polar surface area (TPSA) is 58.6 Å². The lowest BCUT2D eigenvalue weighted by atomic mass is 10.1. The summed E-state index contributed by atoms with van der Waals surface area (Å²) < 4.78 is 18.3. The molecule has 1 atom stereocenters. The third kappa shape index (κ3) is 2.14. The molecular weight excluding hydrogens is 251 g/mol. The summed E-state index contributed by atoms with van der Waals surface area (Å²) in [5, 5.41) is 2.49. The monoisotopic (exact) mass is 264 g/mol. The Labute approximate surface area is 109 Å². The third-order valence-electron chi connectivity index (χ3n) is 3.47. The van der Waals surface area contributed by atoms with Crippen molar-refractivity contribution in [2.24, 2.45) is 0 Å². The predicted octanol–water partition coefficient (Wildman–Crippen LogP) is 1.17. The zero-order valence-corrected chi connectivity index (χ0v) is 10.2. The molecule has 1 aromatic rings. The van der Waals surface area contributed by atoms with Crippen LogP contribution in [0.15, 0.2) is 18.2 Å². The average molecular weight is 264 g/mol. The first kappa shape index (κ1) is 12.0. The van der Waals surface area contributed by atoms with Gasteiger partial charge in [0, 0.05) is 25.1 Å². The lowest BCUT2D eigenvalue weighted by Gasteiger charge is -2.26. The van der Waals surface area contributed by atoms with Crippen LogP contribution in [0, 0.1) is 5.82 Å². The number of alkyl carbamates (subject to hydrolysis) is 1. The summed E-state index contributed by atoms with van der Waals surface area (Å²) in [6.07, 6.45) is -0.132. The molecule has 0 bridgehead atoms. The first-order valence-corrected chi connectivity index (χ1v) is 6.13. The number of nitrogens with zero attached hydrogens (tertiary/aromatic N) is 1. The molecule has 0 aliphatic carbocycles. The fraction of sp³-hybridized carbons (Fsp3) is 0.385. The highest BCUT2D eigenvalue weighted by molar-refractivity contribution is 5.86. The number of amides is 2. The van der Waals surface area contributed by atoms with Crippen LogP contribution in [0.3, 0.4) is 0 Å². The summed E-state index contributed by atoms with van der Waals surface area (Å²) in [6.45, 7) is 0.880. The highest BCUT2D eigenvalue weighted by atomic mass is 19.1. The van der Waals surface area contributed by atoms with Crippen LogP contribution >= 0.6 is 0 Å². The summed E-state index contributed by atoms with van der Waals surface area (Å²) in [6, 6.07) is 4.27. The second-order valence-electron chi connectivity index (χ2n) is 4.69. The number of ether oxygens (including phenoxy) is 1. The predicted molar refractivity (Wildman–Crippen MR) is 63.5 cm³/mol. The van der Waals surface area contributed by atoms with E-state index in [1.165, 1.54) is 6.07 Å². The van der Waals surface area contributed by atoms with Crippen molar-refractivity contribution < 1.29 is 18.7 Å². The van der Waals surface area contributed by atoms with E-state index in [-0.39, 0.29) is 24.9 Å². The van der Waals surface area contributed by atoms with Crippen molar-refractivity contribution in [3.05, 3.63) is 35.1 Å². The molecule has 3 rings (SSSR count). The lowest BCUT2D eigenvalue weighted by molar-refractivity contribution is -0.135. The van der Waals surface area contributed by atoms with Crippen LogP contribution < -0.4 is 5.32 Å². The Balaban J connectivity index is 1.74. The van der Waals surface area contributed by atoms with Gasteiger partial charge in [-0.05, 0) is 11.6 Å².